The minimum absolute atomic E-state index is 0.537. The highest BCUT2D eigenvalue weighted by Gasteiger charge is 2.29. The summed E-state index contributed by atoms with van der Waals surface area (Å²) in [5.41, 5.74) is 1.91. The molecule has 0 spiro atoms. The van der Waals surface area contributed by atoms with Gasteiger partial charge < -0.3 is 5.32 Å². The number of nitrogens with zero attached hydrogens (tertiary/aromatic N) is 2. The van der Waals surface area contributed by atoms with E-state index in [1.54, 1.807) is 0 Å². The first-order valence-corrected chi connectivity index (χ1v) is 6.72. The fraction of sp³-hybridized carbons (Fsp3) is 0.467. The lowest BCUT2D eigenvalue weighted by Crippen LogP contribution is -2.24. The van der Waals surface area contributed by atoms with Crippen LogP contribution < -0.4 is 5.32 Å². The Kier molecular flexibility index (Phi) is 2.90. The number of anilines is 1. The van der Waals surface area contributed by atoms with E-state index in [4.69, 9.17) is 0 Å². The van der Waals surface area contributed by atoms with Crippen LogP contribution in [0, 0.1) is 11.8 Å². The highest BCUT2D eigenvalue weighted by Crippen LogP contribution is 2.32. The zero-order chi connectivity index (χ0) is 12.5. The van der Waals surface area contributed by atoms with Crippen molar-refractivity contribution in [2.45, 2.75) is 32.7 Å². The van der Waals surface area contributed by atoms with Gasteiger partial charge in [0, 0.05) is 6.04 Å². The van der Waals surface area contributed by atoms with Crippen molar-refractivity contribution in [3.05, 3.63) is 30.5 Å². The molecule has 18 heavy (non-hydrogen) atoms. The molecule has 3 rings (SSSR count). The van der Waals surface area contributed by atoms with Crippen LogP contribution in [0.25, 0.3) is 11.0 Å². The monoisotopic (exact) mass is 241 g/mol. The Morgan fingerprint density at radius 3 is 2.61 bits per heavy atom. The summed E-state index contributed by atoms with van der Waals surface area (Å²) in [7, 11) is 0. The molecule has 3 heteroatoms. The molecule has 1 fully saturated rings. The predicted molar refractivity (Wildman–Crippen MR) is 74.5 cm³/mol. The van der Waals surface area contributed by atoms with E-state index < -0.39 is 0 Å². The summed E-state index contributed by atoms with van der Waals surface area (Å²) in [6, 6.07) is 8.53. The summed E-state index contributed by atoms with van der Waals surface area (Å²) in [6.45, 7) is 4.65. The molecular formula is C15H19N3. The van der Waals surface area contributed by atoms with Crippen molar-refractivity contribution in [3.8, 4) is 0 Å². The van der Waals surface area contributed by atoms with Crippen LogP contribution in [0.1, 0.15) is 26.7 Å². The molecule has 0 radical (unpaired) electrons. The molecule has 0 bridgehead atoms. The van der Waals surface area contributed by atoms with E-state index in [-0.39, 0.29) is 0 Å². The lowest BCUT2D eigenvalue weighted by atomic mass is 9.98. The fourth-order valence-electron chi connectivity index (χ4n) is 2.79. The van der Waals surface area contributed by atoms with Crippen LogP contribution in [0.2, 0.25) is 0 Å². The second kappa shape index (κ2) is 4.56. The first-order chi connectivity index (χ1) is 8.74. The molecular weight excluding hydrogens is 222 g/mol. The molecule has 1 aromatic carbocycles. The van der Waals surface area contributed by atoms with Crippen LogP contribution in [-0.4, -0.2) is 16.0 Å². The molecule has 0 saturated heterocycles. The van der Waals surface area contributed by atoms with Gasteiger partial charge in [0.15, 0.2) is 0 Å². The number of rotatable bonds is 2. The Balaban J connectivity index is 1.82. The molecule has 3 unspecified atom stereocenters. The Hall–Kier alpha value is -1.64. The number of nitrogens with one attached hydrogen (secondary N) is 1. The van der Waals surface area contributed by atoms with Gasteiger partial charge in [-0.3, -0.25) is 4.98 Å². The highest BCUT2D eigenvalue weighted by atomic mass is 15.0. The summed E-state index contributed by atoms with van der Waals surface area (Å²) in [4.78, 5) is 9.07. The summed E-state index contributed by atoms with van der Waals surface area (Å²) >= 11 is 0. The molecule has 1 saturated carbocycles. The Labute approximate surface area is 108 Å². The molecule has 1 N–H and O–H groups in total. The third-order valence-electron chi connectivity index (χ3n) is 4.25. The average molecular weight is 241 g/mol. The lowest BCUT2D eigenvalue weighted by molar-refractivity contribution is 0.435. The van der Waals surface area contributed by atoms with Gasteiger partial charge in [0.1, 0.15) is 5.82 Å². The minimum atomic E-state index is 0.537. The van der Waals surface area contributed by atoms with Crippen LogP contribution in [0.4, 0.5) is 5.82 Å². The maximum absolute atomic E-state index is 4.62. The van der Waals surface area contributed by atoms with E-state index in [0.717, 1.165) is 22.8 Å². The van der Waals surface area contributed by atoms with Crippen molar-refractivity contribution in [1.82, 2.24) is 9.97 Å². The first-order valence-electron chi connectivity index (χ1n) is 6.72. The molecule has 0 aliphatic heterocycles. The predicted octanol–water partition coefficient (Wildman–Crippen LogP) is 3.48. The van der Waals surface area contributed by atoms with E-state index in [2.05, 4.69) is 29.1 Å². The van der Waals surface area contributed by atoms with Crippen LogP contribution in [-0.2, 0) is 0 Å². The second-order valence-corrected chi connectivity index (χ2v) is 5.41. The van der Waals surface area contributed by atoms with Crippen molar-refractivity contribution in [2.24, 2.45) is 11.8 Å². The molecule has 2 aromatic rings. The van der Waals surface area contributed by atoms with Crippen molar-refractivity contribution in [2.75, 3.05) is 5.32 Å². The number of aromatic nitrogens is 2. The molecule has 1 aliphatic carbocycles. The number of hydrogen-bond donors (Lipinski definition) is 1. The maximum Gasteiger partial charge on any atom is 0.145 e. The summed E-state index contributed by atoms with van der Waals surface area (Å²) < 4.78 is 0. The van der Waals surface area contributed by atoms with Crippen LogP contribution in [0.3, 0.4) is 0 Å². The Morgan fingerprint density at radius 2 is 1.89 bits per heavy atom. The smallest absolute Gasteiger partial charge is 0.145 e. The highest BCUT2D eigenvalue weighted by molar-refractivity contribution is 5.75. The van der Waals surface area contributed by atoms with Crippen molar-refractivity contribution in [3.63, 3.8) is 0 Å². The Bertz CT molecular complexity index is 552. The second-order valence-electron chi connectivity index (χ2n) is 5.41. The normalized spacial score (nSPS) is 27.6. The largest absolute Gasteiger partial charge is 0.366 e. The molecule has 1 aromatic heterocycles. The van der Waals surface area contributed by atoms with Crippen LogP contribution >= 0.6 is 0 Å². The van der Waals surface area contributed by atoms with Gasteiger partial charge in [0.05, 0.1) is 17.2 Å². The van der Waals surface area contributed by atoms with Gasteiger partial charge >= 0.3 is 0 Å². The van der Waals surface area contributed by atoms with Crippen LogP contribution in [0.15, 0.2) is 30.5 Å². The zero-order valence-corrected chi connectivity index (χ0v) is 10.9. The standard InChI is InChI=1S/C15H19N3/c1-10-7-8-12(11(10)2)17-15-9-16-13-5-3-4-6-14(13)18-15/h3-6,9-12H,7-8H2,1-2H3,(H,17,18). The van der Waals surface area contributed by atoms with Gasteiger partial charge in [-0.1, -0.05) is 26.0 Å². The van der Waals surface area contributed by atoms with Gasteiger partial charge in [-0.05, 0) is 36.8 Å². The molecule has 1 heterocycles. The fourth-order valence-corrected chi connectivity index (χ4v) is 2.79. The molecule has 94 valence electrons. The Morgan fingerprint density at radius 1 is 1.11 bits per heavy atom. The molecule has 0 amide bonds. The summed E-state index contributed by atoms with van der Waals surface area (Å²) in [5.74, 6) is 2.41. The summed E-state index contributed by atoms with van der Waals surface area (Å²) in [5, 5.41) is 3.54. The third kappa shape index (κ3) is 2.05. The van der Waals surface area contributed by atoms with Gasteiger partial charge in [0.25, 0.3) is 0 Å². The van der Waals surface area contributed by atoms with Gasteiger partial charge in [-0.2, -0.15) is 0 Å². The summed E-state index contributed by atoms with van der Waals surface area (Å²) in [6.07, 6.45) is 4.38. The average Bonchev–Trinajstić information content (AvgIpc) is 2.71. The van der Waals surface area contributed by atoms with Crippen molar-refractivity contribution < 1.29 is 0 Å². The molecule has 3 nitrogen and oxygen atoms in total. The topological polar surface area (TPSA) is 37.8 Å². The van der Waals surface area contributed by atoms with E-state index in [1.807, 2.05) is 30.5 Å². The number of benzene rings is 1. The molecule has 1 aliphatic rings. The quantitative estimate of drug-likeness (QED) is 0.874. The van der Waals surface area contributed by atoms with Gasteiger partial charge in [-0.15, -0.1) is 0 Å². The number of fused-ring (bicyclic) bond motifs is 1. The molecule has 3 atom stereocenters. The maximum atomic E-state index is 4.62. The van der Waals surface area contributed by atoms with E-state index in [9.17, 15) is 0 Å². The third-order valence-corrected chi connectivity index (χ3v) is 4.25. The van der Waals surface area contributed by atoms with Gasteiger partial charge in [-0.25, -0.2) is 4.98 Å². The van der Waals surface area contributed by atoms with Crippen molar-refractivity contribution >= 4 is 16.9 Å². The van der Waals surface area contributed by atoms with Gasteiger partial charge in [0.2, 0.25) is 0 Å². The SMILES string of the molecule is CC1CCC(Nc2cnc3ccccc3n2)C1C. The zero-order valence-electron chi connectivity index (χ0n) is 10.9. The van der Waals surface area contributed by atoms with Crippen molar-refractivity contribution in [1.29, 1.82) is 0 Å². The minimum Gasteiger partial charge on any atom is -0.366 e. The first kappa shape index (κ1) is 11.5. The lowest BCUT2D eigenvalue weighted by Gasteiger charge is -2.20. The number of para-hydroxylation sites is 2. The van der Waals surface area contributed by atoms with Crippen LogP contribution in [0.5, 0.6) is 0 Å². The van der Waals surface area contributed by atoms with E-state index >= 15 is 0 Å². The van der Waals surface area contributed by atoms with E-state index in [1.165, 1.54) is 12.8 Å². The number of hydrogen-bond acceptors (Lipinski definition) is 3. The van der Waals surface area contributed by atoms with E-state index in [0.29, 0.717) is 12.0 Å².